The van der Waals surface area contributed by atoms with E-state index >= 15 is 0 Å². The first kappa shape index (κ1) is 26.7. The summed E-state index contributed by atoms with van der Waals surface area (Å²) in [6.07, 6.45) is -7.46. The Labute approximate surface area is 216 Å². The van der Waals surface area contributed by atoms with E-state index in [1.807, 2.05) is 6.92 Å². The van der Waals surface area contributed by atoms with Gasteiger partial charge in [-0.25, -0.2) is 0 Å². The van der Waals surface area contributed by atoms with E-state index in [1.54, 1.807) is 32.0 Å². The summed E-state index contributed by atoms with van der Waals surface area (Å²) in [5.74, 6) is -1.30. The second kappa shape index (κ2) is 11.0. The summed E-state index contributed by atoms with van der Waals surface area (Å²) in [6, 6.07) is 9.59. The molecular formula is C25H25ClF3N3O5. The molecule has 12 heteroatoms. The van der Waals surface area contributed by atoms with Crippen molar-refractivity contribution in [2.24, 2.45) is 0 Å². The predicted molar refractivity (Wildman–Crippen MR) is 127 cm³/mol. The van der Waals surface area contributed by atoms with Gasteiger partial charge in [0.2, 0.25) is 5.82 Å². The SMILES string of the molecule is CCOC(=O)C[C@@H]1O[C@@H](c2cccc(OCC)c2OCC)c2cc(Cl)ccc2-n2c1nnc2C(F)(F)F. The average Bonchev–Trinajstić information content (AvgIpc) is 3.24. The lowest BCUT2D eigenvalue weighted by atomic mass is 9.98. The molecule has 0 saturated carbocycles. The third-order valence-corrected chi connectivity index (χ3v) is 5.82. The quantitative estimate of drug-likeness (QED) is 0.332. The van der Waals surface area contributed by atoms with E-state index in [0.29, 0.717) is 35.8 Å². The summed E-state index contributed by atoms with van der Waals surface area (Å²) in [5, 5.41) is 7.48. The number of benzene rings is 2. The molecule has 0 bridgehead atoms. The fraction of sp³-hybridized carbons (Fsp3) is 0.400. The van der Waals surface area contributed by atoms with Gasteiger partial charge in [-0.1, -0.05) is 23.7 Å². The number of nitrogens with zero attached hydrogens (tertiary/aromatic N) is 3. The number of carbonyl (C=O) groups excluding carboxylic acids is 1. The average molecular weight is 540 g/mol. The molecule has 8 nitrogen and oxygen atoms in total. The molecule has 198 valence electrons. The Morgan fingerprint density at radius 3 is 2.49 bits per heavy atom. The zero-order valence-electron chi connectivity index (χ0n) is 20.3. The zero-order chi connectivity index (χ0) is 26.7. The fourth-order valence-corrected chi connectivity index (χ4v) is 4.40. The topological polar surface area (TPSA) is 84.7 Å². The van der Waals surface area contributed by atoms with E-state index in [1.165, 1.54) is 18.2 Å². The monoisotopic (exact) mass is 539 g/mol. The summed E-state index contributed by atoms with van der Waals surface area (Å²) in [4.78, 5) is 12.5. The number of halogens is 4. The van der Waals surface area contributed by atoms with Gasteiger partial charge in [-0.3, -0.25) is 9.36 Å². The van der Waals surface area contributed by atoms with Crippen LogP contribution in [0.3, 0.4) is 0 Å². The molecule has 0 N–H and O–H groups in total. The Hall–Kier alpha value is -3.31. The van der Waals surface area contributed by atoms with Crippen molar-refractivity contribution in [1.29, 1.82) is 0 Å². The number of rotatable bonds is 8. The lowest BCUT2D eigenvalue weighted by Gasteiger charge is -2.25. The van der Waals surface area contributed by atoms with Crippen LogP contribution in [-0.4, -0.2) is 40.6 Å². The highest BCUT2D eigenvalue weighted by atomic mass is 35.5. The summed E-state index contributed by atoms with van der Waals surface area (Å²) < 4.78 is 66.0. The summed E-state index contributed by atoms with van der Waals surface area (Å²) in [7, 11) is 0. The van der Waals surface area contributed by atoms with E-state index in [-0.39, 0.29) is 23.1 Å². The Balaban J connectivity index is 1.99. The van der Waals surface area contributed by atoms with Gasteiger partial charge in [0, 0.05) is 16.1 Å². The minimum Gasteiger partial charge on any atom is -0.490 e. The van der Waals surface area contributed by atoms with Crippen LogP contribution in [0.1, 0.15) is 62.2 Å². The highest BCUT2D eigenvalue weighted by Crippen LogP contribution is 2.47. The van der Waals surface area contributed by atoms with Gasteiger partial charge in [-0.2, -0.15) is 13.2 Å². The smallest absolute Gasteiger partial charge is 0.452 e. The second-order valence-corrected chi connectivity index (χ2v) is 8.41. The molecule has 0 spiro atoms. The van der Waals surface area contributed by atoms with Crippen molar-refractivity contribution >= 4 is 17.6 Å². The second-order valence-electron chi connectivity index (χ2n) is 7.97. The molecule has 2 aromatic carbocycles. The molecule has 0 aliphatic carbocycles. The molecule has 3 aromatic rings. The number of alkyl halides is 3. The molecule has 1 aromatic heterocycles. The van der Waals surface area contributed by atoms with Gasteiger partial charge in [0.1, 0.15) is 12.2 Å². The number of fused-ring (bicyclic) bond motifs is 3. The Morgan fingerprint density at radius 1 is 1.05 bits per heavy atom. The Bertz CT molecular complexity index is 1280. The number of ether oxygens (including phenoxy) is 4. The Morgan fingerprint density at radius 2 is 1.81 bits per heavy atom. The Kier molecular flexibility index (Phi) is 7.93. The molecule has 0 radical (unpaired) electrons. The molecule has 1 aliphatic rings. The van der Waals surface area contributed by atoms with Crippen LogP contribution in [-0.2, 0) is 20.4 Å². The first-order chi connectivity index (χ1) is 17.7. The van der Waals surface area contributed by atoms with Gasteiger partial charge in [0.25, 0.3) is 0 Å². The normalized spacial score (nSPS) is 16.9. The number of esters is 1. The molecule has 37 heavy (non-hydrogen) atoms. The van der Waals surface area contributed by atoms with Crippen molar-refractivity contribution in [2.45, 2.75) is 45.6 Å². The number of hydrogen-bond acceptors (Lipinski definition) is 7. The van der Waals surface area contributed by atoms with Gasteiger partial charge >= 0.3 is 12.1 Å². The molecule has 2 heterocycles. The van der Waals surface area contributed by atoms with Crippen molar-refractivity contribution in [3.63, 3.8) is 0 Å². The lowest BCUT2D eigenvalue weighted by Crippen LogP contribution is -2.18. The van der Waals surface area contributed by atoms with Crippen LogP contribution in [0.2, 0.25) is 5.02 Å². The third-order valence-electron chi connectivity index (χ3n) is 5.58. The number of aromatic nitrogens is 3. The van der Waals surface area contributed by atoms with Crippen molar-refractivity contribution < 1.29 is 36.9 Å². The van der Waals surface area contributed by atoms with Gasteiger partial charge in [-0.15, -0.1) is 10.2 Å². The minimum atomic E-state index is -4.83. The van der Waals surface area contributed by atoms with E-state index < -0.39 is 36.6 Å². The van der Waals surface area contributed by atoms with E-state index in [2.05, 4.69) is 10.2 Å². The minimum absolute atomic E-state index is 0.0934. The number of carbonyl (C=O) groups is 1. The van der Waals surface area contributed by atoms with Gasteiger partial charge in [0.15, 0.2) is 17.3 Å². The molecular weight excluding hydrogens is 515 g/mol. The maximum atomic E-state index is 14.0. The van der Waals surface area contributed by atoms with Crippen LogP contribution in [0.25, 0.3) is 5.69 Å². The van der Waals surface area contributed by atoms with Gasteiger partial charge < -0.3 is 18.9 Å². The van der Waals surface area contributed by atoms with Crippen molar-refractivity contribution in [3.8, 4) is 17.2 Å². The maximum Gasteiger partial charge on any atom is 0.452 e. The molecule has 0 unspecified atom stereocenters. The molecule has 4 rings (SSSR count). The highest BCUT2D eigenvalue weighted by molar-refractivity contribution is 6.30. The predicted octanol–water partition coefficient (Wildman–Crippen LogP) is 5.85. The zero-order valence-corrected chi connectivity index (χ0v) is 21.1. The van der Waals surface area contributed by atoms with Crippen LogP contribution in [0.5, 0.6) is 11.5 Å². The van der Waals surface area contributed by atoms with Crippen molar-refractivity contribution in [3.05, 3.63) is 64.2 Å². The molecule has 0 fully saturated rings. The first-order valence-corrected chi connectivity index (χ1v) is 12.1. The molecule has 0 amide bonds. The fourth-order valence-electron chi connectivity index (χ4n) is 4.22. The molecule has 2 atom stereocenters. The van der Waals surface area contributed by atoms with E-state index in [9.17, 15) is 18.0 Å². The lowest BCUT2D eigenvalue weighted by molar-refractivity contribution is -0.147. The third kappa shape index (κ3) is 5.37. The molecule has 1 aliphatic heterocycles. The van der Waals surface area contributed by atoms with Crippen molar-refractivity contribution in [1.82, 2.24) is 14.8 Å². The van der Waals surface area contributed by atoms with Gasteiger partial charge in [-0.05, 0) is 45.0 Å². The van der Waals surface area contributed by atoms with Crippen LogP contribution < -0.4 is 9.47 Å². The van der Waals surface area contributed by atoms with Crippen LogP contribution >= 0.6 is 11.6 Å². The van der Waals surface area contributed by atoms with Crippen LogP contribution in [0, 0.1) is 0 Å². The van der Waals surface area contributed by atoms with Crippen LogP contribution in [0.15, 0.2) is 36.4 Å². The molecule has 0 saturated heterocycles. The van der Waals surface area contributed by atoms with Crippen LogP contribution in [0.4, 0.5) is 13.2 Å². The largest absolute Gasteiger partial charge is 0.490 e. The summed E-state index contributed by atoms with van der Waals surface area (Å²) in [5.41, 5.74) is 0.898. The maximum absolute atomic E-state index is 14.0. The number of hydrogen-bond donors (Lipinski definition) is 0. The van der Waals surface area contributed by atoms with E-state index in [0.717, 1.165) is 4.57 Å². The van der Waals surface area contributed by atoms with Gasteiger partial charge in [0.05, 0.1) is 31.9 Å². The summed E-state index contributed by atoms with van der Waals surface area (Å²) >= 11 is 6.31. The highest BCUT2D eigenvalue weighted by Gasteiger charge is 2.44. The first-order valence-electron chi connectivity index (χ1n) is 11.7. The number of para-hydroxylation sites is 1. The van der Waals surface area contributed by atoms with Crippen molar-refractivity contribution in [2.75, 3.05) is 19.8 Å². The van der Waals surface area contributed by atoms with E-state index in [4.69, 9.17) is 30.5 Å². The summed E-state index contributed by atoms with van der Waals surface area (Å²) in [6.45, 7) is 5.99. The standard InChI is InChI=1S/C25H25ClF3N3O5/c1-4-34-18-9-7-8-15(22(18)36-6-3)21-16-12-14(26)10-11-17(16)32-23(30-31-24(32)25(27,28)29)19(37-21)13-20(33)35-5-2/h7-12,19,21H,4-6,13H2,1-3H3/t19-,21-/m0/s1.